The van der Waals surface area contributed by atoms with E-state index in [1.54, 1.807) is 6.07 Å². The van der Waals surface area contributed by atoms with Crippen molar-refractivity contribution in [2.24, 2.45) is 5.92 Å². The van der Waals surface area contributed by atoms with Crippen LogP contribution in [0, 0.1) is 5.92 Å². The third-order valence-corrected chi connectivity index (χ3v) is 2.87. The van der Waals surface area contributed by atoms with Crippen LogP contribution in [0.2, 0.25) is 5.15 Å². The van der Waals surface area contributed by atoms with E-state index in [0.29, 0.717) is 17.6 Å². The molecule has 1 aromatic heterocycles. The van der Waals surface area contributed by atoms with Gasteiger partial charge in [0.05, 0.1) is 6.10 Å². The molecule has 0 amide bonds. The normalized spacial score (nSPS) is 26.7. The van der Waals surface area contributed by atoms with Gasteiger partial charge in [0.2, 0.25) is 0 Å². The molecule has 1 aromatic rings. The number of β-amino-alcohol motifs (C(OH)–C–C–N with tert-alkyl or cyclic N) is 1. The van der Waals surface area contributed by atoms with Crippen molar-refractivity contribution >= 4 is 17.4 Å². The molecular formula is C11H15ClN2O. The lowest BCUT2D eigenvalue weighted by Crippen LogP contribution is -2.42. The molecule has 82 valence electrons. The minimum atomic E-state index is -0.255. The monoisotopic (exact) mass is 226 g/mol. The van der Waals surface area contributed by atoms with Crippen molar-refractivity contribution in [1.82, 2.24) is 4.98 Å². The summed E-state index contributed by atoms with van der Waals surface area (Å²) in [5.74, 6) is 1.35. The van der Waals surface area contributed by atoms with Crippen LogP contribution >= 0.6 is 11.6 Å². The number of aliphatic hydroxyl groups is 1. The number of halogens is 1. The molecular weight excluding hydrogens is 212 g/mol. The van der Waals surface area contributed by atoms with Gasteiger partial charge in [0.25, 0.3) is 0 Å². The van der Waals surface area contributed by atoms with E-state index in [2.05, 4.69) is 16.8 Å². The Kier molecular flexibility index (Phi) is 3.12. The second kappa shape index (κ2) is 4.37. The first-order valence-electron chi connectivity index (χ1n) is 5.20. The smallest absolute Gasteiger partial charge is 0.131 e. The lowest BCUT2D eigenvalue weighted by atomic mass is 9.98. The first kappa shape index (κ1) is 10.7. The Bertz CT molecular complexity index is 335. The van der Waals surface area contributed by atoms with Gasteiger partial charge in [-0.05, 0) is 24.5 Å². The van der Waals surface area contributed by atoms with E-state index in [9.17, 15) is 5.11 Å². The highest BCUT2D eigenvalue weighted by atomic mass is 35.5. The molecule has 2 rings (SSSR count). The molecule has 1 saturated heterocycles. The maximum absolute atomic E-state index is 9.68. The number of hydrogen-bond acceptors (Lipinski definition) is 3. The molecule has 1 fully saturated rings. The Morgan fingerprint density at radius 2 is 2.27 bits per heavy atom. The second-order valence-corrected chi connectivity index (χ2v) is 4.61. The van der Waals surface area contributed by atoms with Crippen molar-refractivity contribution in [1.29, 1.82) is 0 Å². The number of rotatable bonds is 1. The minimum Gasteiger partial charge on any atom is -0.391 e. The average Bonchev–Trinajstić information content (AvgIpc) is 2.16. The van der Waals surface area contributed by atoms with E-state index in [1.807, 2.05) is 12.1 Å². The first-order chi connectivity index (χ1) is 7.15. The molecule has 0 aromatic carbocycles. The lowest BCUT2D eigenvalue weighted by Gasteiger charge is -2.34. The van der Waals surface area contributed by atoms with Gasteiger partial charge in [0.15, 0.2) is 0 Å². The molecule has 0 bridgehead atoms. The fraction of sp³-hybridized carbons (Fsp3) is 0.545. The number of piperidine rings is 1. The van der Waals surface area contributed by atoms with Crippen molar-refractivity contribution in [3.8, 4) is 0 Å². The Morgan fingerprint density at radius 1 is 1.47 bits per heavy atom. The maximum atomic E-state index is 9.68. The Balaban J connectivity index is 2.16. The van der Waals surface area contributed by atoms with Gasteiger partial charge in [0.1, 0.15) is 11.0 Å². The standard InChI is InChI=1S/C11H15ClN2O/c1-8-5-9(15)7-14(6-8)11-4-2-3-10(12)13-11/h2-4,8-9,15H,5-7H2,1H3/t8-,9+/m1/s1. The molecule has 1 N–H and O–H groups in total. The second-order valence-electron chi connectivity index (χ2n) is 4.22. The van der Waals surface area contributed by atoms with E-state index >= 15 is 0 Å². The van der Waals surface area contributed by atoms with Gasteiger partial charge in [-0.2, -0.15) is 0 Å². The summed E-state index contributed by atoms with van der Waals surface area (Å²) in [6.45, 7) is 3.72. The molecule has 15 heavy (non-hydrogen) atoms. The quantitative estimate of drug-likeness (QED) is 0.744. The zero-order chi connectivity index (χ0) is 10.8. The van der Waals surface area contributed by atoms with E-state index in [1.165, 1.54) is 0 Å². The summed E-state index contributed by atoms with van der Waals surface area (Å²) in [5, 5.41) is 10.2. The van der Waals surface area contributed by atoms with Crippen LogP contribution in [-0.4, -0.2) is 29.3 Å². The van der Waals surface area contributed by atoms with Crippen LogP contribution < -0.4 is 4.90 Å². The van der Waals surface area contributed by atoms with Crippen molar-refractivity contribution in [3.63, 3.8) is 0 Å². The lowest BCUT2D eigenvalue weighted by molar-refractivity contribution is 0.132. The van der Waals surface area contributed by atoms with Gasteiger partial charge in [0, 0.05) is 13.1 Å². The van der Waals surface area contributed by atoms with Gasteiger partial charge < -0.3 is 10.0 Å². The zero-order valence-electron chi connectivity index (χ0n) is 8.73. The topological polar surface area (TPSA) is 36.4 Å². The number of aliphatic hydroxyl groups excluding tert-OH is 1. The minimum absolute atomic E-state index is 0.255. The zero-order valence-corrected chi connectivity index (χ0v) is 9.48. The van der Waals surface area contributed by atoms with Crippen LogP contribution in [0.5, 0.6) is 0 Å². The first-order valence-corrected chi connectivity index (χ1v) is 5.58. The van der Waals surface area contributed by atoms with Gasteiger partial charge in [-0.1, -0.05) is 24.6 Å². The summed E-state index contributed by atoms with van der Waals surface area (Å²) in [7, 11) is 0. The fourth-order valence-corrected chi connectivity index (χ4v) is 2.24. The summed E-state index contributed by atoms with van der Waals surface area (Å²) < 4.78 is 0. The molecule has 0 spiro atoms. The fourth-order valence-electron chi connectivity index (χ4n) is 2.08. The summed E-state index contributed by atoms with van der Waals surface area (Å²) >= 11 is 5.84. The van der Waals surface area contributed by atoms with Crippen molar-refractivity contribution in [2.45, 2.75) is 19.4 Å². The third kappa shape index (κ3) is 2.61. The van der Waals surface area contributed by atoms with Crippen LogP contribution in [0.25, 0.3) is 0 Å². The van der Waals surface area contributed by atoms with E-state index in [-0.39, 0.29) is 6.10 Å². The van der Waals surface area contributed by atoms with Gasteiger partial charge >= 0.3 is 0 Å². The molecule has 2 atom stereocenters. The van der Waals surface area contributed by atoms with E-state index in [0.717, 1.165) is 18.8 Å². The number of nitrogens with zero attached hydrogens (tertiary/aromatic N) is 2. The number of aromatic nitrogens is 1. The van der Waals surface area contributed by atoms with Crippen LogP contribution in [0.15, 0.2) is 18.2 Å². The molecule has 0 saturated carbocycles. The Morgan fingerprint density at radius 3 is 2.93 bits per heavy atom. The van der Waals surface area contributed by atoms with Crippen molar-refractivity contribution in [3.05, 3.63) is 23.4 Å². The van der Waals surface area contributed by atoms with Gasteiger partial charge in [-0.3, -0.25) is 0 Å². The average molecular weight is 227 g/mol. The molecule has 0 aliphatic carbocycles. The number of pyridine rings is 1. The van der Waals surface area contributed by atoms with E-state index < -0.39 is 0 Å². The largest absolute Gasteiger partial charge is 0.391 e. The highest BCUT2D eigenvalue weighted by Crippen LogP contribution is 2.22. The molecule has 3 nitrogen and oxygen atoms in total. The maximum Gasteiger partial charge on any atom is 0.131 e. The van der Waals surface area contributed by atoms with E-state index in [4.69, 9.17) is 11.6 Å². The molecule has 1 aliphatic heterocycles. The van der Waals surface area contributed by atoms with Crippen molar-refractivity contribution in [2.75, 3.05) is 18.0 Å². The molecule has 0 unspecified atom stereocenters. The van der Waals surface area contributed by atoms with Crippen LogP contribution in [-0.2, 0) is 0 Å². The van der Waals surface area contributed by atoms with Gasteiger partial charge in [-0.15, -0.1) is 0 Å². The predicted octanol–water partition coefficient (Wildman–Crippen LogP) is 1.94. The molecule has 4 heteroatoms. The summed E-state index contributed by atoms with van der Waals surface area (Å²) in [4.78, 5) is 6.33. The van der Waals surface area contributed by atoms with Crippen LogP contribution in [0.4, 0.5) is 5.82 Å². The highest BCUT2D eigenvalue weighted by Gasteiger charge is 2.23. The van der Waals surface area contributed by atoms with Crippen LogP contribution in [0.3, 0.4) is 0 Å². The Labute approximate surface area is 94.7 Å². The third-order valence-electron chi connectivity index (χ3n) is 2.66. The summed E-state index contributed by atoms with van der Waals surface area (Å²) in [5.41, 5.74) is 0. The Hall–Kier alpha value is -0.800. The highest BCUT2D eigenvalue weighted by molar-refractivity contribution is 6.29. The van der Waals surface area contributed by atoms with Crippen LogP contribution in [0.1, 0.15) is 13.3 Å². The predicted molar refractivity (Wildman–Crippen MR) is 61.2 cm³/mol. The molecule has 1 aliphatic rings. The number of hydrogen-bond donors (Lipinski definition) is 1. The number of anilines is 1. The van der Waals surface area contributed by atoms with Gasteiger partial charge in [-0.25, -0.2) is 4.98 Å². The summed E-state index contributed by atoms with van der Waals surface area (Å²) in [6.07, 6.45) is 0.617. The SMILES string of the molecule is C[C@@H]1C[C@H](O)CN(c2cccc(Cl)n2)C1. The van der Waals surface area contributed by atoms with Crippen molar-refractivity contribution < 1.29 is 5.11 Å². The molecule has 2 heterocycles. The molecule has 0 radical (unpaired) electrons. The summed E-state index contributed by atoms with van der Waals surface area (Å²) in [6, 6.07) is 5.57.